The Morgan fingerprint density at radius 2 is 2.05 bits per heavy atom. The number of anilines is 1. The fourth-order valence-corrected chi connectivity index (χ4v) is 2.42. The lowest BCUT2D eigenvalue weighted by Gasteiger charge is -2.06. The first-order valence-corrected chi connectivity index (χ1v) is 7.13. The van der Waals surface area contributed by atoms with Gasteiger partial charge in [0.25, 0.3) is 0 Å². The molecule has 2 heterocycles. The molecule has 0 saturated carbocycles. The third-order valence-corrected chi connectivity index (χ3v) is 3.51. The molecule has 22 heavy (non-hydrogen) atoms. The molecule has 6 heteroatoms. The normalized spacial score (nSPS) is 12.6. The summed E-state index contributed by atoms with van der Waals surface area (Å²) >= 11 is 0. The van der Waals surface area contributed by atoms with Gasteiger partial charge in [-0.15, -0.1) is 0 Å². The third-order valence-electron chi connectivity index (χ3n) is 3.51. The van der Waals surface area contributed by atoms with Crippen molar-refractivity contribution in [2.75, 3.05) is 11.9 Å². The van der Waals surface area contributed by atoms with Crippen LogP contribution in [0, 0.1) is 0 Å². The summed E-state index contributed by atoms with van der Waals surface area (Å²) in [4.78, 5) is 31.1. The van der Waals surface area contributed by atoms with Gasteiger partial charge in [-0.05, 0) is 29.2 Å². The van der Waals surface area contributed by atoms with Crippen molar-refractivity contribution in [2.45, 2.75) is 19.3 Å². The Morgan fingerprint density at radius 3 is 2.86 bits per heavy atom. The summed E-state index contributed by atoms with van der Waals surface area (Å²) in [6.45, 7) is 0.549. The lowest BCUT2D eigenvalue weighted by atomic mass is 10.1. The molecule has 2 aromatic rings. The molecular formula is C16H16N4O2. The van der Waals surface area contributed by atoms with Gasteiger partial charge in [0.15, 0.2) is 0 Å². The van der Waals surface area contributed by atoms with Gasteiger partial charge in [-0.1, -0.05) is 12.1 Å². The van der Waals surface area contributed by atoms with E-state index in [9.17, 15) is 9.59 Å². The zero-order chi connectivity index (χ0) is 15.4. The molecule has 2 amide bonds. The summed E-state index contributed by atoms with van der Waals surface area (Å²) in [5, 5.41) is 5.67. The Balaban J connectivity index is 1.50. The quantitative estimate of drug-likeness (QED) is 0.857. The predicted octanol–water partition coefficient (Wildman–Crippen LogP) is 0.873. The maximum atomic E-state index is 11.9. The van der Waals surface area contributed by atoms with E-state index in [0.29, 0.717) is 25.8 Å². The molecule has 112 valence electrons. The highest BCUT2D eigenvalue weighted by atomic mass is 16.2. The van der Waals surface area contributed by atoms with Crippen molar-refractivity contribution in [2.24, 2.45) is 0 Å². The second kappa shape index (κ2) is 6.34. The lowest BCUT2D eigenvalue weighted by molar-refractivity contribution is -0.120. The monoisotopic (exact) mass is 296 g/mol. The summed E-state index contributed by atoms with van der Waals surface area (Å²) in [7, 11) is 0. The van der Waals surface area contributed by atoms with E-state index in [4.69, 9.17) is 0 Å². The van der Waals surface area contributed by atoms with E-state index in [1.165, 1.54) is 6.33 Å². The minimum atomic E-state index is -0.0406. The van der Waals surface area contributed by atoms with E-state index in [2.05, 4.69) is 20.6 Å². The molecule has 0 unspecified atom stereocenters. The fourth-order valence-electron chi connectivity index (χ4n) is 2.42. The van der Waals surface area contributed by atoms with Crippen molar-refractivity contribution in [1.82, 2.24) is 15.3 Å². The zero-order valence-electron chi connectivity index (χ0n) is 12.0. The molecule has 0 bridgehead atoms. The van der Waals surface area contributed by atoms with Gasteiger partial charge >= 0.3 is 0 Å². The smallest absolute Gasteiger partial charge is 0.228 e. The van der Waals surface area contributed by atoms with Crippen LogP contribution in [0.3, 0.4) is 0 Å². The SMILES string of the molecule is O=C(Cc1ccc2c(c1)NC(=O)C2)NCCc1cncnc1. The van der Waals surface area contributed by atoms with Crippen LogP contribution in [0.25, 0.3) is 0 Å². The molecule has 0 atom stereocenters. The van der Waals surface area contributed by atoms with Crippen LogP contribution in [-0.4, -0.2) is 28.3 Å². The second-order valence-electron chi connectivity index (χ2n) is 5.24. The maximum Gasteiger partial charge on any atom is 0.228 e. The van der Waals surface area contributed by atoms with Crippen LogP contribution in [0.2, 0.25) is 0 Å². The van der Waals surface area contributed by atoms with Crippen LogP contribution >= 0.6 is 0 Å². The first-order chi connectivity index (χ1) is 10.7. The second-order valence-corrected chi connectivity index (χ2v) is 5.24. The van der Waals surface area contributed by atoms with Gasteiger partial charge in [0, 0.05) is 24.6 Å². The number of hydrogen-bond acceptors (Lipinski definition) is 4. The van der Waals surface area contributed by atoms with Crippen LogP contribution in [0.15, 0.2) is 36.9 Å². The number of amides is 2. The molecule has 1 aromatic carbocycles. The average molecular weight is 296 g/mol. The largest absolute Gasteiger partial charge is 0.355 e. The van der Waals surface area contributed by atoms with Crippen molar-refractivity contribution in [3.8, 4) is 0 Å². The van der Waals surface area contributed by atoms with E-state index in [1.807, 2.05) is 18.2 Å². The standard InChI is InChI=1S/C16H16N4O2/c21-15(19-4-3-12-8-17-10-18-9-12)6-11-1-2-13-7-16(22)20-14(13)5-11/h1-2,5,8-10H,3-4,6-7H2,(H,19,21)(H,20,22). The molecule has 1 aromatic heterocycles. The van der Waals surface area contributed by atoms with Crippen molar-refractivity contribution in [1.29, 1.82) is 0 Å². The number of nitrogens with zero attached hydrogens (tertiary/aromatic N) is 2. The molecule has 0 spiro atoms. The molecule has 3 rings (SSSR count). The molecular weight excluding hydrogens is 280 g/mol. The van der Waals surface area contributed by atoms with Crippen LogP contribution in [0.4, 0.5) is 5.69 Å². The van der Waals surface area contributed by atoms with Crippen LogP contribution < -0.4 is 10.6 Å². The van der Waals surface area contributed by atoms with Gasteiger partial charge in [0.1, 0.15) is 6.33 Å². The number of rotatable bonds is 5. The predicted molar refractivity (Wildman–Crippen MR) is 81.2 cm³/mol. The number of benzene rings is 1. The molecule has 0 fully saturated rings. The van der Waals surface area contributed by atoms with Gasteiger partial charge in [0.05, 0.1) is 12.8 Å². The molecule has 1 aliphatic rings. The van der Waals surface area contributed by atoms with E-state index in [-0.39, 0.29) is 11.8 Å². The minimum absolute atomic E-state index is 0.00156. The molecule has 2 N–H and O–H groups in total. The topological polar surface area (TPSA) is 84.0 Å². The van der Waals surface area contributed by atoms with Gasteiger partial charge in [-0.3, -0.25) is 9.59 Å². The molecule has 0 radical (unpaired) electrons. The highest BCUT2D eigenvalue weighted by molar-refractivity contribution is 5.99. The summed E-state index contributed by atoms with van der Waals surface area (Å²) < 4.78 is 0. The van der Waals surface area contributed by atoms with Crippen molar-refractivity contribution in [3.05, 3.63) is 53.6 Å². The highest BCUT2D eigenvalue weighted by Crippen LogP contribution is 2.24. The van der Waals surface area contributed by atoms with Crippen LogP contribution in [0.1, 0.15) is 16.7 Å². The molecule has 0 aliphatic carbocycles. The Bertz CT molecular complexity index is 701. The van der Waals surface area contributed by atoms with Gasteiger partial charge in [-0.2, -0.15) is 0 Å². The summed E-state index contributed by atoms with van der Waals surface area (Å²) in [6, 6.07) is 5.66. The number of hydrogen-bond donors (Lipinski definition) is 2. The Morgan fingerprint density at radius 1 is 1.23 bits per heavy atom. The first-order valence-electron chi connectivity index (χ1n) is 7.13. The molecule has 1 aliphatic heterocycles. The minimum Gasteiger partial charge on any atom is -0.355 e. The van der Waals surface area contributed by atoms with Crippen molar-refractivity contribution in [3.63, 3.8) is 0 Å². The number of carbonyl (C=O) groups excluding carboxylic acids is 2. The van der Waals surface area contributed by atoms with E-state index in [1.54, 1.807) is 12.4 Å². The third kappa shape index (κ3) is 3.46. The lowest BCUT2D eigenvalue weighted by Crippen LogP contribution is -2.27. The van der Waals surface area contributed by atoms with Gasteiger partial charge in [0.2, 0.25) is 11.8 Å². The highest BCUT2D eigenvalue weighted by Gasteiger charge is 2.17. The fraction of sp³-hybridized carbons (Fsp3) is 0.250. The van der Waals surface area contributed by atoms with Gasteiger partial charge < -0.3 is 10.6 Å². The summed E-state index contributed by atoms with van der Waals surface area (Å²) in [5.74, 6) is -0.0391. The Labute approximate surface area is 128 Å². The van der Waals surface area contributed by atoms with Crippen LogP contribution in [-0.2, 0) is 28.9 Å². The number of fused-ring (bicyclic) bond motifs is 1. The van der Waals surface area contributed by atoms with E-state index >= 15 is 0 Å². The van der Waals surface area contributed by atoms with E-state index < -0.39 is 0 Å². The maximum absolute atomic E-state index is 11.9. The molecule has 0 saturated heterocycles. The summed E-state index contributed by atoms with van der Waals surface area (Å²) in [6.07, 6.45) is 6.38. The number of nitrogens with one attached hydrogen (secondary N) is 2. The number of carbonyl (C=O) groups is 2. The molecule has 6 nitrogen and oxygen atoms in total. The van der Waals surface area contributed by atoms with Crippen LogP contribution in [0.5, 0.6) is 0 Å². The zero-order valence-corrected chi connectivity index (χ0v) is 12.0. The Hall–Kier alpha value is -2.76. The summed E-state index contributed by atoms with van der Waals surface area (Å²) in [5.41, 5.74) is 3.68. The first kappa shape index (κ1) is 14.2. The van der Waals surface area contributed by atoms with Crippen molar-refractivity contribution < 1.29 is 9.59 Å². The Kier molecular flexibility index (Phi) is 4.09. The van der Waals surface area contributed by atoms with Crippen molar-refractivity contribution >= 4 is 17.5 Å². The average Bonchev–Trinajstić information content (AvgIpc) is 2.87. The number of aromatic nitrogens is 2. The van der Waals surface area contributed by atoms with E-state index in [0.717, 1.165) is 22.4 Å². The van der Waals surface area contributed by atoms with Gasteiger partial charge in [-0.25, -0.2) is 9.97 Å².